The Hall–Kier alpha value is -3.55. The van der Waals surface area contributed by atoms with Crippen LogP contribution in [0.4, 0.5) is 5.69 Å². The van der Waals surface area contributed by atoms with Gasteiger partial charge in [0.15, 0.2) is 5.11 Å². The number of fused-ring (bicyclic) bond motifs is 1. The maximum Gasteiger partial charge on any atom is 0.270 e. The van der Waals surface area contributed by atoms with Crippen LogP contribution in [0.1, 0.15) is 16.8 Å². The summed E-state index contributed by atoms with van der Waals surface area (Å²) in [5, 5.41) is 3.71. The SMILES string of the molecule is Cc1c(/C=C2/C(=O)NC(=S)N(c3ccc(Br)cc3)C2=O)c2ccccc2n1Cc1ccccc1. The second-order valence-corrected chi connectivity index (χ2v) is 9.32. The quantitative estimate of drug-likeness (QED) is 0.213. The second-order valence-electron chi connectivity index (χ2n) is 8.02. The van der Waals surface area contributed by atoms with Gasteiger partial charge in [-0.3, -0.25) is 19.8 Å². The molecule has 3 aromatic carbocycles. The van der Waals surface area contributed by atoms with Gasteiger partial charge in [0, 0.05) is 33.2 Å². The number of carbonyl (C=O) groups is 2. The molecule has 2 heterocycles. The smallest absolute Gasteiger partial charge is 0.270 e. The molecule has 1 saturated heterocycles. The largest absolute Gasteiger partial charge is 0.340 e. The van der Waals surface area contributed by atoms with Crippen molar-refractivity contribution in [1.29, 1.82) is 0 Å². The van der Waals surface area contributed by atoms with E-state index < -0.39 is 11.8 Å². The zero-order valence-electron chi connectivity index (χ0n) is 18.3. The third-order valence-electron chi connectivity index (χ3n) is 5.94. The summed E-state index contributed by atoms with van der Waals surface area (Å²) in [6.07, 6.45) is 1.68. The topological polar surface area (TPSA) is 54.3 Å². The Labute approximate surface area is 210 Å². The number of hydrogen-bond donors (Lipinski definition) is 1. The highest BCUT2D eigenvalue weighted by Crippen LogP contribution is 2.30. The van der Waals surface area contributed by atoms with E-state index in [0.29, 0.717) is 12.2 Å². The standard InChI is InChI=1S/C27H20BrN3O2S/c1-17-22(21-9-5-6-10-24(21)30(17)16-18-7-3-2-4-8-18)15-23-25(32)29-27(34)31(26(23)33)20-13-11-19(28)12-14-20/h2-15H,16H2,1H3,(H,29,32,34)/b23-15-. The summed E-state index contributed by atoms with van der Waals surface area (Å²) < 4.78 is 3.09. The van der Waals surface area contributed by atoms with Crippen LogP contribution in [0.2, 0.25) is 0 Å². The molecular formula is C27H20BrN3O2S. The molecule has 0 saturated carbocycles. The van der Waals surface area contributed by atoms with E-state index in [4.69, 9.17) is 12.2 Å². The van der Waals surface area contributed by atoms with Crippen molar-refractivity contribution in [2.45, 2.75) is 13.5 Å². The van der Waals surface area contributed by atoms with Gasteiger partial charge in [-0.15, -0.1) is 0 Å². The fourth-order valence-electron chi connectivity index (χ4n) is 4.24. The van der Waals surface area contributed by atoms with Gasteiger partial charge < -0.3 is 4.57 Å². The van der Waals surface area contributed by atoms with Crippen LogP contribution in [0.3, 0.4) is 0 Å². The van der Waals surface area contributed by atoms with Crippen molar-refractivity contribution in [2.24, 2.45) is 0 Å². The van der Waals surface area contributed by atoms with Gasteiger partial charge in [-0.1, -0.05) is 64.5 Å². The monoisotopic (exact) mass is 529 g/mol. The van der Waals surface area contributed by atoms with Crippen LogP contribution in [-0.2, 0) is 16.1 Å². The molecule has 1 aromatic heterocycles. The average molecular weight is 530 g/mol. The number of rotatable bonds is 4. The number of benzene rings is 3. The maximum atomic E-state index is 13.5. The van der Waals surface area contributed by atoms with Gasteiger partial charge in [-0.05, 0) is 61.1 Å². The lowest BCUT2D eigenvalue weighted by Crippen LogP contribution is -2.54. The van der Waals surface area contributed by atoms with Crippen molar-refractivity contribution in [3.8, 4) is 0 Å². The van der Waals surface area contributed by atoms with Crippen LogP contribution in [-0.4, -0.2) is 21.5 Å². The van der Waals surface area contributed by atoms with E-state index in [9.17, 15) is 9.59 Å². The molecule has 0 radical (unpaired) electrons. The molecule has 5 rings (SSSR count). The van der Waals surface area contributed by atoms with Gasteiger partial charge >= 0.3 is 0 Å². The number of para-hydroxylation sites is 1. The van der Waals surface area contributed by atoms with Gasteiger partial charge in [-0.2, -0.15) is 0 Å². The molecule has 0 spiro atoms. The maximum absolute atomic E-state index is 13.5. The van der Waals surface area contributed by atoms with E-state index in [1.54, 1.807) is 18.2 Å². The zero-order chi connectivity index (χ0) is 23.8. The van der Waals surface area contributed by atoms with Crippen molar-refractivity contribution in [2.75, 3.05) is 4.90 Å². The molecule has 34 heavy (non-hydrogen) atoms. The van der Waals surface area contributed by atoms with E-state index in [2.05, 4.69) is 44.0 Å². The lowest BCUT2D eigenvalue weighted by Gasteiger charge is -2.29. The molecule has 0 unspecified atom stereocenters. The summed E-state index contributed by atoms with van der Waals surface area (Å²) in [6.45, 7) is 2.70. The van der Waals surface area contributed by atoms with Gasteiger partial charge in [0.1, 0.15) is 5.57 Å². The van der Waals surface area contributed by atoms with Crippen molar-refractivity contribution in [3.05, 3.63) is 106 Å². The summed E-state index contributed by atoms with van der Waals surface area (Å²) >= 11 is 8.73. The van der Waals surface area contributed by atoms with Gasteiger partial charge in [0.2, 0.25) is 0 Å². The van der Waals surface area contributed by atoms with Gasteiger partial charge in [0.05, 0.1) is 5.69 Å². The summed E-state index contributed by atoms with van der Waals surface area (Å²) in [5.41, 5.74) is 4.66. The molecular weight excluding hydrogens is 510 g/mol. The Morgan fingerprint density at radius 3 is 2.35 bits per heavy atom. The highest BCUT2D eigenvalue weighted by atomic mass is 79.9. The van der Waals surface area contributed by atoms with E-state index in [1.807, 2.05) is 55.5 Å². The number of amides is 2. The van der Waals surface area contributed by atoms with Crippen LogP contribution >= 0.6 is 28.1 Å². The Bertz CT molecular complexity index is 1470. The van der Waals surface area contributed by atoms with Crippen LogP contribution < -0.4 is 10.2 Å². The Morgan fingerprint density at radius 2 is 1.62 bits per heavy atom. The number of anilines is 1. The highest BCUT2D eigenvalue weighted by Gasteiger charge is 2.35. The Balaban J connectivity index is 1.61. The first-order chi connectivity index (χ1) is 16.4. The number of aromatic nitrogens is 1. The minimum atomic E-state index is -0.498. The van der Waals surface area contributed by atoms with E-state index in [1.165, 1.54) is 10.5 Å². The molecule has 5 nitrogen and oxygen atoms in total. The molecule has 0 aliphatic carbocycles. The number of nitrogens with one attached hydrogen (secondary N) is 1. The molecule has 7 heteroatoms. The third kappa shape index (κ3) is 3.97. The fourth-order valence-corrected chi connectivity index (χ4v) is 4.78. The fraction of sp³-hybridized carbons (Fsp3) is 0.0741. The van der Waals surface area contributed by atoms with Crippen LogP contribution in [0.5, 0.6) is 0 Å². The average Bonchev–Trinajstić information content (AvgIpc) is 3.09. The van der Waals surface area contributed by atoms with E-state index in [0.717, 1.165) is 26.6 Å². The van der Waals surface area contributed by atoms with E-state index in [-0.39, 0.29) is 10.7 Å². The predicted molar refractivity (Wildman–Crippen MR) is 143 cm³/mol. The number of nitrogens with zero attached hydrogens (tertiary/aromatic N) is 2. The molecule has 1 aliphatic rings. The summed E-state index contributed by atoms with van der Waals surface area (Å²) in [5.74, 6) is -0.946. The number of thiocarbonyl (C=S) groups is 1. The van der Waals surface area contributed by atoms with E-state index >= 15 is 0 Å². The third-order valence-corrected chi connectivity index (χ3v) is 6.75. The second kappa shape index (κ2) is 9.00. The first kappa shape index (κ1) is 22.3. The first-order valence-corrected chi connectivity index (χ1v) is 11.9. The molecule has 4 aromatic rings. The van der Waals surface area contributed by atoms with Gasteiger partial charge in [-0.25, -0.2) is 0 Å². The lowest BCUT2D eigenvalue weighted by molar-refractivity contribution is -0.122. The first-order valence-electron chi connectivity index (χ1n) is 10.7. The molecule has 1 fully saturated rings. The Morgan fingerprint density at radius 1 is 0.941 bits per heavy atom. The highest BCUT2D eigenvalue weighted by molar-refractivity contribution is 9.10. The molecule has 1 N–H and O–H groups in total. The molecule has 0 bridgehead atoms. The number of halogens is 1. The van der Waals surface area contributed by atoms with Crippen molar-refractivity contribution in [1.82, 2.24) is 9.88 Å². The minimum absolute atomic E-state index is 0.0437. The molecule has 168 valence electrons. The van der Waals surface area contributed by atoms with Crippen molar-refractivity contribution < 1.29 is 9.59 Å². The van der Waals surface area contributed by atoms with Crippen LogP contribution in [0.15, 0.2) is 88.9 Å². The predicted octanol–water partition coefficient (Wildman–Crippen LogP) is 5.59. The van der Waals surface area contributed by atoms with Gasteiger partial charge in [0.25, 0.3) is 11.8 Å². The molecule has 2 amide bonds. The molecule has 1 aliphatic heterocycles. The normalized spacial score (nSPS) is 15.3. The van der Waals surface area contributed by atoms with Crippen LogP contribution in [0, 0.1) is 6.92 Å². The molecule has 0 atom stereocenters. The number of hydrogen-bond acceptors (Lipinski definition) is 3. The lowest BCUT2D eigenvalue weighted by atomic mass is 10.0. The zero-order valence-corrected chi connectivity index (χ0v) is 20.7. The van der Waals surface area contributed by atoms with Crippen molar-refractivity contribution >= 4 is 67.7 Å². The summed E-state index contributed by atoms with van der Waals surface area (Å²) in [4.78, 5) is 27.7. The summed E-state index contributed by atoms with van der Waals surface area (Å²) in [7, 11) is 0. The summed E-state index contributed by atoms with van der Waals surface area (Å²) in [6, 6.07) is 25.4. The Kier molecular flexibility index (Phi) is 5.89. The van der Waals surface area contributed by atoms with Crippen molar-refractivity contribution in [3.63, 3.8) is 0 Å². The number of carbonyl (C=O) groups excluding carboxylic acids is 2. The minimum Gasteiger partial charge on any atom is -0.340 e. The van der Waals surface area contributed by atoms with Crippen LogP contribution in [0.25, 0.3) is 17.0 Å².